The number of halogens is 1. The largest absolute Gasteiger partial charge is 0.373 e. The first-order valence-electron chi connectivity index (χ1n) is 3.04. The Balaban J connectivity index is 3.06. The van der Waals surface area contributed by atoms with Gasteiger partial charge in [0.05, 0.1) is 0 Å². The van der Waals surface area contributed by atoms with E-state index in [0.29, 0.717) is 0 Å². The molecule has 2 nitrogen and oxygen atoms in total. The molecule has 0 aliphatic carbocycles. The summed E-state index contributed by atoms with van der Waals surface area (Å²) < 4.78 is 0. The van der Waals surface area contributed by atoms with Gasteiger partial charge >= 0.3 is 0 Å². The molecule has 0 spiro atoms. The van der Waals surface area contributed by atoms with E-state index in [1.807, 2.05) is 20.0 Å². The molecule has 0 saturated carbocycles. The summed E-state index contributed by atoms with van der Waals surface area (Å²) in [6.07, 6.45) is 0. The number of anilines is 1. The Hall–Kier alpha value is -0.760. The van der Waals surface area contributed by atoms with E-state index in [1.54, 1.807) is 6.07 Å². The number of hydrogen-bond acceptors (Lipinski definition) is 2. The molecule has 10 heavy (non-hydrogen) atoms. The lowest BCUT2D eigenvalue weighted by Crippen LogP contribution is -1.92. The van der Waals surface area contributed by atoms with Crippen LogP contribution in [-0.2, 0) is 0 Å². The van der Waals surface area contributed by atoms with Gasteiger partial charge in [-0.05, 0) is 19.1 Å². The number of nitrogens with zero attached hydrogens (tertiary/aromatic N) is 1. The molecule has 54 valence electrons. The highest BCUT2D eigenvalue weighted by Crippen LogP contribution is 2.13. The van der Waals surface area contributed by atoms with Gasteiger partial charge in [-0.1, -0.05) is 11.6 Å². The van der Waals surface area contributed by atoms with Crippen molar-refractivity contribution in [1.82, 2.24) is 4.98 Å². The lowest BCUT2D eigenvalue weighted by molar-refractivity contribution is 1.19. The van der Waals surface area contributed by atoms with Crippen LogP contribution in [0.1, 0.15) is 5.69 Å². The summed E-state index contributed by atoms with van der Waals surface area (Å²) in [6, 6.07) is 3.61. The summed E-state index contributed by atoms with van der Waals surface area (Å²) in [5, 5.41) is 3.63. The molecule has 0 unspecified atom stereocenters. The molecule has 1 N–H and O–H groups in total. The van der Waals surface area contributed by atoms with Crippen LogP contribution in [0.5, 0.6) is 0 Å². The highest BCUT2D eigenvalue weighted by atomic mass is 35.5. The van der Waals surface area contributed by atoms with E-state index >= 15 is 0 Å². The van der Waals surface area contributed by atoms with Crippen molar-refractivity contribution in [2.75, 3.05) is 12.4 Å². The summed E-state index contributed by atoms with van der Waals surface area (Å²) in [5.74, 6) is 0.810. The fourth-order valence-corrected chi connectivity index (χ4v) is 1.02. The lowest BCUT2D eigenvalue weighted by atomic mass is 10.4. The standard InChI is InChI=1S/C7H9ClN2/c1-5-3-6(8)4-7(9-2)10-5/h3-4H,1-2H3,(H,9,10). The van der Waals surface area contributed by atoms with Gasteiger partial charge in [0.15, 0.2) is 0 Å². The van der Waals surface area contributed by atoms with Crippen LogP contribution in [-0.4, -0.2) is 12.0 Å². The van der Waals surface area contributed by atoms with E-state index in [2.05, 4.69) is 10.3 Å². The van der Waals surface area contributed by atoms with Crippen LogP contribution in [0.2, 0.25) is 5.02 Å². The van der Waals surface area contributed by atoms with Crippen LogP contribution in [0.3, 0.4) is 0 Å². The summed E-state index contributed by atoms with van der Waals surface area (Å²) in [5.41, 5.74) is 0.928. The Labute approximate surface area is 65.2 Å². The first-order valence-corrected chi connectivity index (χ1v) is 3.42. The van der Waals surface area contributed by atoms with Crippen molar-refractivity contribution in [3.63, 3.8) is 0 Å². The van der Waals surface area contributed by atoms with Gasteiger partial charge in [0.2, 0.25) is 0 Å². The van der Waals surface area contributed by atoms with Gasteiger partial charge in [-0.2, -0.15) is 0 Å². The maximum absolute atomic E-state index is 5.75. The molecular weight excluding hydrogens is 148 g/mol. The lowest BCUT2D eigenvalue weighted by Gasteiger charge is -1.99. The maximum Gasteiger partial charge on any atom is 0.127 e. The molecule has 0 radical (unpaired) electrons. The summed E-state index contributed by atoms with van der Waals surface area (Å²) in [4.78, 5) is 4.16. The van der Waals surface area contributed by atoms with Gasteiger partial charge < -0.3 is 5.32 Å². The van der Waals surface area contributed by atoms with Crippen LogP contribution in [0.25, 0.3) is 0 Å². The fourth-order valence-electron chi connectivity index (χ4n) is 0.754. The molecule has 3 heteroatoms. The van der Waals surface area contributed by atoms with E-state index in [0.717, 1.165) is 16.5 Å². The van der Waals surface area contributed by atoms with Crippen LogP contribution in [0.15, 0.2) is 12.1 Å². The van der Waals surface area contributed by atoms with Crippen molar-refractivity contribution in [2.24, 2.45) is 0 Å². The monoisotopic (exact) mass is 156 g/mol. The number of rotatable bonds is 1. The van der Waals surface area contributed by atoms with E-state index < -0.39 is 0 Å². The Morgan fingerprint density at radius 1 is 1.50 bits per heavy atom. The predicted octanol–water partition coefficient (Wildman–Crippen LogP) is 2.09. The van der Waals surface area contributed by atoms with Gasteiger partial charge in [-0.25, -0.2) is 4.98 Å². The van der Waals surface area contributed by atoms with Gasteiger partial charge in [0.25, 0.3) is 0 Å². The smallest absolute Gasteiger partial charge is 0.127 e. The highest BCUT2D eigenvalue weighted by molar-refractivity contribution is 6.30. The number of aromatic nitrogens is 1. The molecule has 0 bridgehead atoms. The van der Waals surface area contributed by atoms with Gasteiger partial charge in [-0.3, -0.25) is 0 Å². The normalized spacial score (nSPS) is 9.50. The third-order valence-electron chi connectivity index (χ3n) is 1.17. The van der Waals surface area contributed by atoms with Crippen molar-refractivity contribution in [2.45, 2.75) is 6.92 Å². The number of nitrogens with one attached hydrogen (secondary N) is 1. The van der Waals surface area contributed by atoms with E-state index in [9.17, 15) is 0 Å². The third-order valence-corrected chi connectivity index (χ3v) is 1.39. The SMILES string of the molecule is CNc1cc(Cl)cc(C)n1. The Morgan fingerprint density at radius 2 is 2.20 bits per heavy atom. The average molecular weight is 157 g/mol. The third kappa shape index (κ3) is 1.61. The molecule has 0 aliphatic rings. The number of aryl methyl sites for hydroxylation is 1. The van der Waals surface area contributed by atoms with Crippen LogP contribution in [0.4, 0.5) is 5.82 Å². The zero-order valence-electron chi connectivity index (χ0n) is 5.98. The first kappa shape index (κ1) is 7.35. The summed E-state index contributed by atoms with van der Waals surface area (Å²) >= 11 is 5.75. The maximum atomic E-state index is 5.75. The highest BCUT2D eigenvalue weighted by Gasteiger charge is 1.93. The molecule has 0 atom stereocenters. The first-order chi connectivity index (χ1) is 4.72. The van der Waals surface area contributed by atoms with Crippen LogP contribution < -0.4 is 5.32 Å². The Morgan fingerprint density at radius 3 is 2.70 bits per heavy atom. The van der Waals surface area contributed by atoms with Crippen LogP contribution in [0, 0.1) is 6.92 Å². The zero-order valence-corrected chi connectivity index (χ0v) is 6.74. The van der Waals surface area contributed by atoms with E-state index in [-0.39, 0.29) is 0 Å². The Kier molecular flexibility index (Phi) is 2.12. The van der Waals surface area contributed by atoms with E-state index in [4.69, 9.17) is 11.6 Å². The van der Waals surface area contributed by atoms with Crippen molar-refractivity contribution < 1.29 is 0 Å². The summed E-state index contributed by atoms with van der Waals surface area (Å²) in [6.45, 7) is 1.91. The molecule has 0 saturated heterocycles. The molecule has 1 aromatic rings. The molecule has 1 rings (SSSR count). The van der Waals surface area contributed by atoms with Crippen LogP contribution >= 0.6 is 11.6 Å². The molecule has 0 amide bonds. The minimum Gasteiger partial charge on any atom is -0.373 e. The topological polar surface area (TPSA) is 24.9 Å². The van der Waals surface area contributed by atoms with Crippen molar-refractivity contribution in [1.29, 1.82) is 0 Å². The number of hydrogen-bond donors (Lipinski definition) is 1. The minimum absolute atomic E-state index is 0.719. The quantitative estimate of drug-likeness (QED) is 0.674. The second-order valence-electron chi connectivity index (χ2n) is 2.06. The molecule has 0 aromatic carbocycles. The van der Waals surface area contributed by atoms with Gasteiger partial charge in [0, 0.05) is 17.8 Å². The molecule has 1 heterocycles. The second kappa shape index (κ2) is 2.88. The zero-order chi connectivity index (χ0) is 7.56. The molecular formula is C7H9ClN2. The fraction of sp³-hybridized carbons (Fsp3) is 0.286. The van der Waals surface area contributed by atoms with Gasteiger partial charge in [0.1, 0.15) is 5.82 Å². The summed E-state index contributed by atoms with van der Waals surface area (Å²) in [7, 11) is 1.82. The minimum atomic E-state index is 0.719. The molecule has 0 aliphatic heterocycles. The van der Waals surface area contributed by atoms with Gasteiger partial charge in [-0.15, -0.1) is 0 Å². The van der Waals surface area contributed by atoms with Crippen molar-refractivity contribution in [3.8, 4) is 0 Å². The van der Waals surface area contributed by atoms with Crippen molar-refractivity contribution in [3.05, 3.63) is 22.8 Å². The predicted molar refractivity (Wildman–Crippen MR) is 43.5 cm³/mol. The second-order valence-corrected chi connectivity index (χ2v) is 2.50. The number of pyridine rings is 1. The molecule has 1 aromatic heterocycles. The molecule has 0 fully saturated rings. The van der Waals surface area contributed by atoms with E-state index in [1.165, 1.54) is 0 Å². The van der Waals surface area contributed by atoms with Crippen molar-refractivity contribution >= 4 is 17.4 Å². The Bertz CT molecular complexity index is 215. The average Bonchev–Trinajstić information content (AvgIpc) is 1.85.